The fourth-order valence-corrected chi connectivity index (χ4v) is 5.01. The van der Waals surface area contributed by atoms with Crippen molar-refractivity contribution in [3.05, 3.63) is 33.8 Å². The first-order valence-electron chi connectivity index (χ1n) is 7.42. The summed E-state index contributed by atoms with van der Waals surface area (Å²) in [5.41, 5.74) is 0.924. The monoisotopic (exact) mass is 425 g/mol. The van der Waals surface area contributed by atoms with Crippen LogP contribution in [0.3, 0.4) is 0 Å². The third kappa shape index (κ3) is 7.05. The molecule has 2 rings (SSSR count). The van der Waals surface area contributed by atoms with E-state index < -0.39 is 34.4 Å². The van der Waals surface area contributed by atoms with E-state index in [-0.39, 0.29) is 17.3 Å². The first-order valence-corrected chi connectivity index (χ1v) is 11.2. The summed E-state index contributed by atoms with van der Waals surface area (Å²) in [6.07, 6.45) is 0.390. The van der Waals surface area contributed by atoms with Gasteiger partial charge in [-0.15, -0.1) is 11.8 Å². The van der Waals surface area contributed by atoms with E-state index in [1.54, 1.807) is 12.1 Å². The van der Waals surface area contributed by atoms with Gasteiger partial charge in [-0.2, -0.15) is 0 Å². The number of ether oxygens (including phenoxy) is 1. The molecule has 1 fully saturated rings. The summed E-state index contributed by atoms with van der Waals surface area (Å²) < 4.78 is 27.5. The number of sulfone groups is 1. The molecule has 0 spiro atoms. The first kappa shape index (κ1) is 20.4. The van der Waals surface area contributed by atoms with Crippen LogP contribution in [0.5, 0.6) is 0 Å². The van der Waals surface area contributed by atoms with Crippen molar-refractivity contribution in [1.82, 2.24) is 5.32 Å². The second kappa shape index (κ2) is 9.12. The van der Waals surface area contributed by atoms with Gasteiger partial charge in [0.05, 0.1) is 27.3 Å². The molecule has 1 aliphatic rings. The lowest BCUT2D eigenvalue weighted by atomic mass is 10.2. The molecule has 10 heteroatoms. The summed E-state index contributed by atoms with van der Waals surface area (Å²) in [7, 11) is -3.06. The maximum Gasteiger partial charge on any atom is 0.316 e. The van der Waals surface area contributed by atoms with E-state index in [1.165, 1.54) is 11.8 Å². The SMILES string of the molecule is O=C(COC(=O)CSCc1ccc(Cl)c(Cl)c1)N[C@@H]1CCS(=O)(=O)C1. The Morgan fingerprint density at radius 2 is 2.04 bits per heavy atom. The summed E-state index contributed by atoms with van der Waals surface area (Å²) in [6.45, 7) is -0.414. The standard InChI is InChI=1S/C15H17Cl2NO5S2/c16-12-2-1-10(5-13(12)17)7-24-8-15(20)23-6-14(19)18-11-3-4-25(21,22)9-11/h1-2,5,11H,3-4,6-9H2,(H,18,19)/t11-/m1/s1. The van der Waals surface area contributed by atoms with Crippen molar-refractivity contribution in [2.24, 2.45) is 0 Å². The van der Waals surface area contributed by atoms with Gasteiger partial charge in [-0.05, 0) is 24.1 Å². The summed E-state index contributed by atoms with van der Waals surface area (Å²) in [4.78, 5) is 23.3. The molecule has 1 heterocycles. The molecular formula is C15H17Cl2NO5S2. The highest BCUT2D eigenvalue weighted by Crippen LogP contribution is 2.24. The van der Waals surface area contributed by atoms with Crippen molar-refractivity contribution < 1.29 is 22.7 Å². The Hall–Kier alpha value is -0.960. The van der Waals surface area contributed by atoms with Crippen LogP contribution in [0.15, 0.2) is 18.2 Å². The Morgan fingerprint density at radius 1 is 1.28 bits per heavy atom. The van der Waals surface area contributed by atoms with Crippen LogP contribution in [0.2, 0.25) is 10.0 Å². The van der Waals surface area contributed by atoms with Crippen LogP contribution < -0.4 is 5.32 Å². The molecule has 0 unspecified atom stereocenters. The Labute approximate surface area is 160 Å². The van der Waals surface area contributed by atoms with Crippen LogP contribution in [-0.2, 0) is 29.9 Å². The predicted octanol–water partition coefficient (Wildman–Crippen LogP) is 2.07. The van der Waals surface area contributed by atoms with E-state index in [9.17, 15) is 18.0 Å². The van der Waals surface area contributed by atoms with Crippen molar-refractivity contribution in [2.45, 2.75) is 18.2 Å². The lowest BCUT2D eigenvalue weighted by Gasteiger charge is -2.11. The Balaban J connectivity index is 1.63. The molecule has 1 atom stereocenters. The molecular weight excluding hydrogens is 409 g/mol. The minimum Gasteiger partial charge on any atom is -0.455 e. The predicted molar refractivity (Wildman–Crippen MR) is 98.8 cm³/mol. The molecule has 138 valence electrons. The highest BCUT2D eigenvalue weighted by molar-refractivity contribution is 7.99. The molecule has 1 aliphatic heterocycles. The van der Waals surface area contributed by atoms with Gasteiger partial charge in [0.1, 0.15) is 0 Å². The lowest BCUT2D eigenvalue weighted by Crippen LogP contribution is -2.38. The van der Waals surface area contributed by atoms with Gasteiger partial charge in [0, 0.05) is 11.8 Å². The van der Waals surface area contributed by atoms with Crippen LogP contribution in [-0.4, -0.2) is 50.2 Å². The van der Waals surface area contributed by atoms with Crippen molar-refractivity contribution in [3.63, 3.8) is 0 Å². The fourth-order valence-electron chi connectivity index (χ4n) is 2.25. The Kier molecular flexibility index (Phi) is 7.42. The number of rotatable bonds is 7. The molecule has 6 nitrogen and oxygen atoms in total. The summed E-state index contributed by atoms with van der Waals surface area (Å²) >= 11 is 13.1. The normalized spacial score (nSPS) is 18.7. The van der Waals surface area contributed by atoms with Crippen molar-refractivity contribution in [2.75, 3.05) is 23.9 Å². The number of benzene rings is 1. The number of halogens is 2. The molecule has 1 aromatic rings. The number of thioether (sulfide) groups is 1. The Morgan fingerprint density at radius 3 is 2.68 bits per heavy atom. The number of hydrogen-bond donors (Lipinski definition) is 1. The van der Waals surface area contributed by atoms with Gasteiger partial charge in [0.2, 0.25) is 0 Å². The average molecular weight is 426 g/mol. The third-order valence-electron chi connectivity index (χ3n) is 3.43. The number of carbonyl (C=O) groups excluding carboxylic acids is 2. The minimum absolute atomic E-state index is 0.0633. The maximum absolute atomic E-state index is 11.7. The van der Waals surface area contributed by atoms with Gasteiger partial charge in [-0.3, -0.25) is 9.59 Å². The summed E-state index contributed by atoms with van der Waals surface area (Å²) in [5, 5.41) is 3.47. The number of hydrogen-bond acceptors (Lipinski definition) is 6. The second-order valence-electron chi connectivity index (χ2n) is 5.57. The van der Waals surface area contributed by atoms with Crippen LogP contribution in [0.1, 0.15) is 12.0 Å². The van der Waals surface area contributed by atoms with E-state index in [0.29, 0.717) is 22.2 Å². The Bertz CT molecular complexity index is 754. The zero-order chi connectivity index (χ0) is 18.4. The highest BCUT2D eigenvalue weighted by atomic mass is 35.5. The zero-order valence-corrected chi connectivity index (χ0v) is 16.3. The van der Waals surface area contributed by atoms with Crippen LogP contribution >= 0.6 is 35.0 Å². The number of esters is 1. The third-order valence-corrected chi connectivity index (χ3v) is 6.92. The molecule has 1 saturated heterocycles. The van der Waals surface area contributed by atoms with Crippen LogP contribution in [0.4, 0.5) is 0 Å². The first-order chi connectivity index (χ1) is 11.7. The van der Waals surface area contributed by atoms with Gasteiger partial charge >= 0.3 is 5.97 Å². The molecule has 1 aromatic carbocycles. The number of amides is 1. The lowest BCUT2D eigenvalue weighted by molar-refractivity contribution is -0.146. The number of carbonyl (C=O) groups is 2. The van der Waals surface area contributed by atoms with Crippen LogP contribution in [0, 0.1) is 0 Å². The van der Waals surface area contributed by atoms with E-state index in [0.717, 1.165) is 5.56 Å². The average Bonchev–Trinajstić information content (AvgIpc) is 2.87. The van der Waals surface area contributed by atoms with Gasteiger partial charge < -0.3 is 10.1 Å². The molecule has 1 amide bonds. The molecule has 1 N–H and O–H groups in total. The van der Waals surface area contributed by atoms with E-state index in [4.69, 9.17) is 27.9 Å². The second-order valence-corrected chi connectivity index (χ2v) is 9.60. The van der Waals surface area contributed by atoms with Crippen molar-refractivity contribution in [1.29, 1.82) is 0 Å². The molecule has 0 aromatic heterocycles. The van der Waals surface area contributed by atoms with Gasteiger partial charge in [0.25, 0.3) is 5.91 Å². The largest absolute Gasteiger partial charge is 0.455 e. The summed E-state index contributed by atoms with van der Waals surface area (Å²) in [6, 6.07) is 4.83. The maximum atomic E-state index is 11.7. The minimum atomic E-state index is -3.06. The smallest absolute Gasteiger partial charge is 0.316 e. The molecule has 25 heavy (non-hydrogen) atoms. The van der Waals surface area contributed by atoms with Crippen molar-refractivity contribution >= 4 is 56.7 Å². The quantitative estimate of drug-likeness (QED) is 0.672. The fraction of sp³-hybridized carbons (Fsp3) is 0.467. The highest BCUT2D eigenvalue weighted by Gasteiger charge is 2.28. The van der Waals surface area contributed by atoms with Crippen LogP contribution in [0.25, 0.3) is 0 Å². The molecule has 0 aliphatic carbocycles. The van der Waals surface area contributed by atoms with E-state index in [2.05, 4.69) is 5.32 Å². The molecule has 0 bridgehead atoms. The summed E-state index contributed by atoms with van der Waals surface area (Å²) in [5.74, 6) is -0.358. The van der Waals surface area contributed by atoms with Gasteiger partial charge in [0.15, 0.2) is 16.4 Å². The van der Waals surface area contributed by atoms with Crippen molar-refractivity contribution in [3.8, 4) is 0 Å². The molecule has 0 radical (unpaired) electrons. The topological polar surface area (TPSA) is 89.5 Å². The van der Waals surface area contributed by atoms with E-state index in [1.807, 2.05) is 6.07 Å². The van der Waals surface area contributed by atoms with Gasteiger partial charge in [-0.1, -0.05) is 29.3 Å². The zero-order valence-electron chi connectivity index (χ0n) is 13.2. The van der Waals surface area contributed by atoms with E-state index >= 15 is 0 Å². The molecule has 0 saturated carbocycles. The van der Waals surface area contributed by atoms with Gasteiger partial charge in [-0.25, -0.2) is 8.42 Å². The number of nitrogens with one attached hydrogen (secondary N) is 1.